The maximum Gasteiger partial charge on any atom is 0.133 e. The average molecular weight is 204 g/mol. The summed E-state index contributed by atoms with van der Waals surface area (Å²) < 4.78 is 5.57. The molecule has 2 heteroatoms. The number of hydrogen-bond acceptors (Lipinski definition) is 2. The summed E-state index contributed by atoms with van der Waals surface area (Å²) in [5, 5.41) is 0. The number of Topliss-reactive ketones (excluding diaryl/α,β-unsaturated/α-hetero) is 1. The molecule has 1 aromatic carbocycles. The van der Waals surface area contributed by atoms with Crippen molar-refractivity contribution in [1.82, 2.24) is 0 Å². The largest absolute Gasteiger partial charge is 0.376 e. The van der Waals surface area contributed by atoms with E-state index in [1.807, 2.05) is 18.2 Å². The molecule has 1 fully saturated rings. The molecule has 80 valence electrons. The van der Waals surface area contributed by atoms with Crippen molar-refractivity contribution in [3.63, 3.8) is 0 Å². The summed E-state index contributed by atoms with van der Waals surface area (Å²) in [5.41, 5.74) is 1.19. The van der Waals surface area contributed by atoms with Gasteiger partial charge in [0.15, 0.2) is 0 Å². The highest BCUT2D eigenvalue weighted by atomic mass is 16.5. The fourth-order valence-corrected chi connectivity index (χ4v) is 1.83. The van der Waals surface area contributed by atoms with Crippen LogP contribution in [0.1, 0.15) is 18.9 Å². The van der Waals surface area contributed by atoms with Crippen LogP contribution >= 0.6 is 0 Å². The molecule has 0 N–H and O–H groups in total. The Bertz CT molecular complexity index is 332. The van der Waals surface area contributed by atoms with Gasteiger partial charge in [0.25, 0.3) is 0 Å². The summed E-state index contributed by atoms with van der Waals surface area (Å²) in [6.07, 6.45) is 1.02. The molecule has 1 aromatic rings. The van der Waals surface area contributed by atoms with E-state index in [2.05, 4.69) is 12.1 Å². The number of ketones is 1. The Labute approximate surface area is 90.3 Å². The third kappa shape index (κ3) is 2.90. The van der Waals surface area contributed by atoms with E-state index in [0.29, 0.717) is 18.3 Å². The van der Waals surface area contributed by atoms with Crippen LogP contribution in [-0.2, 0) is 16.1 Å². The summed E-state index contributed by atoms with van der Waals surface area (Å²) in [4.78, 5) is 11.0. The van der Waals surface area contributed by atoms with Gasteiger partial charge in [0.05, 0.1) is 13.2 Å². The van der Waals surface area contributed by atoms with Crippen LogP contribution in [0.15, 0.2) is 30.3 Å². The van der Waals surface area contributed by atoms with Crippen LogP contribution in [0, 0.1) is 11.8 Å². The summed E-state index contributed by atoms with van der Waals surface area (Å²) in [6.45, 7) is 3.04. The molecular weight excluding hydrogens is 188 g/mol. The molecule has 2 atom stereocenters. The monoisotopic (exact) mass is 204 g/mol. The molecule has 0 aliphatic heterocycles. The molecule has 2 rings (SSSR count). The first kappa shape index (κ1) is 10.4. The maximum absolute atomic E-state index is 11.0. The van der Waals surface area contributed by atoms with E-state index < -0.39 is 0 Å². The number of hydrogen-bond donors (Lipinski definition) is 0. The minimum atomic E-state index is 0.278. The van der Waals surface area contributed by atoms with Crippen LogP contribution in [0.2, 0.25) is 0 Å². The average Bonchev–Trinajstić information content (AvgIpc) is 2.99. The Morgan fingerprint density at radius 2 is 2.13 bits per heavy atom. The van der Waals surface area contributed by atoms with E-state index in [-0.39, 0.29) is 5.92 Å². The number of carbonyl (C=O) groups excluding carboxylic acids is 1. The van der Waals surface area contributed by atoms with E-state index in [1.165, 1.54) is 5.56 Å². The first-order valence-corrected chi connectivity index (χ1v) is 5.39. The lowest BCUT2D eigenvalue weighted by molar-refractivity contribution is -0.118. The predicted octanol–water partition coefficient (Wildman–Crippen LogP) is 2.43. The summed E-state index contributed by atoms with van der Waals surface area (Å²) >= 11 is 0. The van der Waals surface area contributed by atoms with Gasteiger partial charge in [-0.3, -0.25) is 4.79 Å². The molecule has 0 amide bonds. The zero-order chi connectivity index (χ0) is 10.7. The molecule has 0 bridgehead atoms. The third-order valence-corrected chi connectivity index (χ3v) is 2.89. The number of ether oxygens (including phenoxy) is 1. The van der Waals surface area contributed by atoms with E-state index in [1.54, 1.807) is 6.92 Å². The molecule has 0 aromatic heterocycles. The van der Waals surface area contributed by atoms with Crippen molar-refractivity contribution in [3.8, 4) is 0 Å². The highest BCUT2D eigenvalue weighted by Crippen LogP contribution is 2.39. The zero-order valence-corrected chi connectivity index (χ0v) is 8.98. The van der Waals surface area contributed by atoms with Crippen LogP contribution in [0.3, 0.4) is 0 Å². The minimum Gasteiger partial charge on any atom is -0.376 e. The first-order valence-electron chi connectivity index (χ1n) is 5.39. The molecule has 1 aliphatic rings. The van der Waals surface area contributed by atoms with E-state index in [0.717, 1.165) is 13.0 Å². The van der Waals surface area contributed by atoms with E-state index >= 15 is 0 Å². The molecule has 2 nitrogen and oxygen atoms in total. The normalized spacial score (nSPS) is 23.8. The van der Waals surface area contributed by atoms with Crippen molar-refractivity contribution in [2.75, 3.05) is 6.61 Å². The fraction of sp³-hybridized carbons (Fsp3) is 0.462. The second-order valence-corrected chi connectivity index (χ2v) is 4.21. The van der Waals surface area contributed by atoms with Crippen LogP contribution in [0.25, 0.3) is 0 Å². The van der Waals surface area contributed by atoms with Crippen molar-refractivity contribution in [1.29, 1.82) is 0 Å². The molecule has 0 unspecified atom stereocenters. The fourth-order valence-electron chi connectivity index (χ4n) is 1.83. The van der Waals surface area contributed by atoms with E-state index in [9.17, 15) is 4.79 Å². The summed E-state index contributed by atoms with van der Waals surface area (Å²) in [6, 6.07) is 10.1. The minimum absolute atomic E-state index is 0.278. The molecule has 0 saturated heterocycles. The van der Waals surface area contributed by atoms with Crippen molar-refractivity contribution in [3.05, 3.63) is 35.9 Å². The Hall–Kier alpha value is -1.15. The standard InChI is InChI=1S/C13H16O2/c1-10(14)13-7-12(13)9-15-8-11-5-3-2-4-6-11/h2-6,12-13H,7-9H2,1H3/t12-,13+/m0/s1. The van der Waals surface area contributed by atoms with Gasteiger partial charge in [-0.2, -0.15) is 0 Å². The molecule has 0 heterocycles. The van der Waals surface area contributed by atoms with Gasteiger partial charge in [0.2, 0.25) is 0 Å². The quantitative estimate of drug-likeness (QED) is 0.736. The predicted molar refractivity (Wildman–Crippen MR) is 58.4 cm³/mol. The second-order valence-electron chi connectivity index (χ2n) is 4.21. The lowest BCUT2D eigenvalue weighted by Crippen LogP contribution is -2.02. The van der Waals surface area contributed by atoms with Gasteiger partial charge in [0, 0.05) is 5.92 Å². The molecular formula is C13H16O2. The Balaban J connectivity index is 1.67. The van der Waals surface area contributed by atoms with Gasteiger partial charge in [-0.05, 0) is 24.8 Å². The van der Waals surface area contributed by atoms with Gasteiger partial charge >= 0.3 is 0 Å². The lowest BCUT2D eigenvalue weighted by Gasteiger charge is -2.02. The molecule has 1 saturated carbocycles. The topological polar surface area (TPSA) is 26.3 Å². The molecule has 15 heavy (non-hydrogen) atoms. The van der Waals surface area contributed by atoms with Crippen LogP contribution in [0.5, 0.6) is 0 Å². The molecule has 1 aliphatic carbocycles. The highest BCUT2D eigenvalue weighted by Gasteiger charge is 2.40. The highest BCUT2D eigenvalue weighted by molar-refractivity contribution is 5.81. The van der Waals surface area contributed by atoms with Crippen LogP contribution in [-0.4, -0.2) is 12.4 Å². The van der Waals surface area contributed by atoms with Crippen molar-refractivity contribution < 1.29 is 9.53 Å². The van der Waals surface area contributed by atoms with Gasteiger partial charge in [-0.1, -0.05) is 30.3 Å². The van der Waals surface area contributed by atoms with Gasteiger partial charge < -0.3 is 4.74 Å². The van der Waals surface area contributed by atoms with Crippen molar-refractivity contribution in [2.45, 2.75) is 20.0 Å². The van der Waals surface area contributed by atoms with Gasteiger partial charge in [-0.15, -0.1) is 0 Å². The maximum atomic E-state index is 11.0. The number of rotatable bonds is 5. The number of benzene rings is 1. The van der Waals surface area contributed by atoms with Crippen LogP contribution < -0.4 is 0 Å². The van der Waals surface area contributed by atoms with Gasteiger partial charge in [0.1, 0.15) is 5.78 Å². The van der Waals surface area contributed by atoms with Crippen LogP contribution in [0.4, 0.5) is 0 Å². The second kappa shape index (κ2) is 4.58. The summed E-state index contributed by atoms with van der Waals surface area (Å²) in [7, 11) is 0. The SMILES string of the molecule is CC(=O)[C@H]1C[C@H]1COCc1ccccc1. The van der Waals surface area contributed by atoms with Crippen molar-refractivity contribution >= 4 is 5.78 Å². The van der Waals surface area contributed by atoms with E-state index in [4.69, 9.17) is 4.74 Å². The lowest BCUT2D eigenvalue weighted by atomic mass is 10.2. The summed E-state index contributed by atoms with van der Waals surface area (Å²) in [5.74, 6) is 1.07. The zero-order valence-electron chi connectivity index (χ0n) is 8.98. The third-order valence-electron chi connectivity index (χ3n) is 2.89. The van der Waals surface area contributed by atoms with Crippen molar-refractivity contribution in [2.24, 2.45) is 11.8 Å². The Morgan fingerprint density at radius 1 is 1.40 bits per heavy atom. The Morgan fingerprint density at radius 3 is 2.73 bits per heavy atom. The smallest absolute Gasteiger partial charge is 0.133 e. The Kier molecular flexibility index (Phi) is 3.17. The van der Waals surface area contributed by atoms with Gasteiger partial charge in [-0.25, -0.2) is 0 Å². The first-order chi connectivity index (χ1) is 7.27. The molecule has 0 spiro atoms. The molecule has 0 radical (unpaired) electrons. The number of carbonyl (C=O) groups is 1.